The molecule has 2 N–H and O–H groups in total. The molecule has 4 nitrogen and oxygen atoms in total. The van der Waals surface area contributed by atoms with Gasteiger partial charge in [0, 0.05) is 23.4 Å². The van der Waals surface area contributed by atoms with Crippen LogP contribution in [0.1, 0.15) is 66.2 Å². The highest BCUT2D eigenvalue weighted by molar-refractivity contribution is 8.00. The molecule has 1 saturated heterocycles. The van der Waals surface area contributed by atoms with Gasteiger partial charge in [-0.15, -0.1) is 0 Å². The summed E-state index contributed by atoms with van der Waals surface area (Å²) in [5.41, 5.74) is -0.436. The van der Waals surface area contributed by atoms with Crippen LogP contribution in [0.15, 0.2) is 0 Å². The van der Waals surface area contributed by atoms with Crippen molar-refractivity contribution in [3.8, 4) is 0 Å². The summed E-state index contributed by atoms with van der Waals surface area (Å²) in [6, 6.07) is 1.15. The van der Waals surface area contributed by atoms with Gasteiger partial charge >= 0.3 is 6.09 Å². The van der Waals surface area contributed by atoms with Crippen LogP contribution in [-0.4, -0.2) is 40.8 Å². The number of carbonyl (C=O) groups is 1. The second kappa shape index (κ2) is 7.91. The lowest BCUT2D eigenvalue weighted by Gasteiger charge is -2.32. The predicted octanol–water partition coefficient (Wildman–Crippen LogP) is 3.70. The molecule has 128 valence electrons. The van der Waals surface area contributed by atoms with Crippen LogP contribution >= 0.6 is 11.8 Å². The molecule has 1 saturated carbocycles. The second-order valence-electron chi connectivity index (χ2n) is 7.63. The average molecular weight is 329 g/mol. The molecule has 2 aliphatic rings. The summed E-state index contributed by atoms with van der Waals surface area (Å²) in [5, 5.41) is 7.63. The van der Waals surface area contributed by atoms with Crippen molar-refractivity contribution in [2.24, 2.45) is 0 Å². The molecule has 0 aromatic carbocycles. The van der Waals surface area contributed by atoms with Gasteiger partial charge in [0.05, 0.1) is 0 Å². The minimum Gasteiger partial charge on any atom is -0.444 e. The third-order valence-corrected chi connectivity index (χ3v) is 5.85. The number of hydrogen-bond acceptors (Lipinski definition) is 4. The van der Waals surface area contributed by atoms with Crippen molar-refractivity contribution in [2.75, 3.05) is 5.75 Å². The molecular formula is C17H32N2O2S. The highest BCUT2D eigenvalue weighted by atomic mass is 32.2. The molecule has 0 radical (unpaired) electrons. The molecule has 5 heteroatoms. The van der Waals surface area contributed by atoms with Gasteiger partial charge in [0.25, 0.3) is 0 Å². The first kappa shape index (κ1) is 17.9. The van der Waals surface area contributed by atoms with Gasteiger partial charge in [0.1, 0.15) is 5.60 Å². The lowest BCUT2D eigenvalue weighted by Crippen LogP contribution is -2.54. The normalized spacial score (nSPS) is 33.3. The zero-order valence-electron chi connectivity index (χ0n) is 14.5. The summed E-state index contributed by atoms with van der Waals surface area (Å²) in [5.74, 6) is 1.25. The Kier molecular flexibility index (Phi) is 6.45. The smallest absolute Gasteiger partial charge is 0.407 e. The van der Waals surface area contributed by atoms with Gasteiger partial charge in [0.2, 0.25) is 0 Å². The van der Waals surface area contributed by atoms with Crippen LogP contribution in [0, 0.1) is 0 Å². The van der Waals surface area contributed by atoms with E-state index in [4.69, 9.17) is 4.74 Å². The third kappa shape index (κ3) is 5.65. The Labute approximate surface area is 139 Å². The Morgan fingerprint density at radius 3 is 2.32 bits per heavy atom. The van der Waals surface area contributed by atoms with E-state index >= 15 is 0 Å². The van der Waals surface area contributed by atoms with E-state index in [1.165, 1.54) is 31.4 Å². The van der Waals surface area contributed by atoms with Crippen LogP contribution in [-0.2, 0) is 4.74 Å². The zero-order valence-corrected chi connectivity index (χ0v) is 15.3. The Morgan fingerprint density at radius 2 is 1.73 bits per heavy atom. The molecule has 1 amide bonds. The molecule has 1 aliphatic heterocycles. The SMILES string of the molecule is CC1SCCC1NC1CCCCCC1NC(=O)OC(C)(C)C. The van der Waals surface area contributed by atoms with Crippen molar-refractivity contribution in [3.63, 3.8) is 0 Å². The number of carbonyl (C=O) groups excluding carboxylic acids is 1. The Balaban J connectivity index is 1.93. The Morgan fingerprint density at radius 1 is 1.05 bits per heavy atom. The topological polar surface area (TPSA) is 50.4 Å². The summed E-state index contributed by atoms with van der Waals surface area (Å²) in [6.45, 7) is 8.04. The molecule has 1 heterocycles. The Bertz CT molecular complexity index is 370. The van der Waals surface area contributed by atoms with E-state index in [0.29, 0.717) is 17.3 Å². The summed E-state index contributed by atoms with van der Waals surface area (Å²) in [7, 11) is 0. The number of thioether (sulfide) groups is 1. The van der Waals surface area contributed by atoms with Crippen molar-refractivity contribution < 1.29 is 9.53 Å². The molecule has 0 aromatic heterocycles. The van der Waals surface area contributed by atoms with Gasteiger partial charge in [-0.1, -0.05) is 26.2 Å². The molecule has 0 bridgehead atoms. The monoisotopic (exact) mass is 328 g/mol. The molecular weight excluding hydrogens is 296 g/mol. The molecule has 1 aliphatic carbocycles. The van der Waals surface area contributed by atoms with Crippen LogP contribution in [0.2, 0.25) is 0 Å². The highest BCUT2D eigenvalue weighted by Gasteiger charge is 2.32. The van der Waals surface area contributed by atoms with E-state index in [2.05, 4.69) is 17.6 Å². The number of rotatable bonds is 3. The van der Waals surface area contributed by atoms with Crippen LogP contribution in [0.5, 0.6) is 0 Å². The van der Waals surface area contributed by atoms with Gasteiger partial charge in [-0.05, 0) is 45.8 Å². The van der Waals surface area contributed by atoms with Gasteiger partial charge < -0.3 is 15.4 Å². The van der Waals surface area contributed by atoms with Crippen molar-refractivity contribution in [1.29, 1.82) is 0 Å². The van der Waals surface area contributed by atoms with Gasteiger partial charge in [0.15, 0.2) is 0 Å². The predicted molar refractivity (Wildman–Crippen MR) is 93.5 cm³/mol. The van der Waals surface area contributed by atoms with Crippen molar-refractivity contribution in [1.82, 2.24) is 10.6 Å². The van der Waals surface area contributed by atoms with E-state index in [-0.39, 0.29) is 12.1 Å². The van der Waals surface area contributed by atoms with Crippen LogP contribution in [0.3, 0.4) is 0 Å². The fourth-order valence-electron chi connectivity index (χ4n) is 3.36. The minimum atomic E-state index is -0.436. The molecule has 2 fully saturated rings. The molecule has 0 aromatic rings. The maximum Gasteiger partial charge on any atom is 0.407 e. The van der Waals surface area contributed by atoms with Crippen molar-refractivity contribution in [2.45, 2.75) is 95.2 Å². The maximum absolute atomic E-state index is 12.1. The first-order chi connectivity index (χ1) is 10.3. The lowest BCUT2D eigenvalue weighted by atomic mass is 10.0. The second-order valence-corrected chi connectivity index (χ2v) is 9.12. The van der Waals surface area contributed by atoms with Crippen molar-refractivity contribution >= 4 is 17.9 Å². The van der Waals surface area contributed by atoms with Crippen molar-refractivity contribution in [3.05, 3.63) is 0 Å². The van der Waals surface area contributed by atoms with Crippen LogP contribution in [0.4, 0.5) is 4.79 Å². The highest BCUT2D eigenvalue weighted by Crippen LogP contribution is 2.28. The standard InChI is InChI=1S/C17H32N2O2S/c1-12-13(10-11-22-12)18-14-8-6-5-7-9-15(14)19-16(20)21-17(2,3)4/h12-15,18H,5-11H2,1-4H3,(H,19,20). The summed E-state index contributed by atoms with van der Waals surface area (Å²) in [4.78, 5) is 12.1. The summed E-state index contributed by atoms with van der Waals surface area (Å²) >= 11 is 2.05. The third-order valence-electron chi connectivity index (χ3n) is 4.52. The number of ether oxygens (including phenoxy) is 1. The van der Waals surface area contributed by atoms with E-state index in [1.54, 1.807) is 0 Å². The molecule has 4 atom stereocenters. The average Bonchev–Trinajstić information content (AvgIpc) is 2.66. The van der Waals surface area contributed by atoms with E-state index < -0.39 is 5.60 Å². The summed E-state index contributed by atoms with van der Waals surface area (Å²) < 4.78 is 5.44. The number of hydrogen-bond donors (Lipinski definition) is 2. The summed E-state index contributed by atoms with van der Waals surface area (Å²) in [6.07, 6.45) is 6.85. The number of nitrogens with one attached hydrogen (secondary N) is 2. The largest absolute Gasteiger partial charge is 0.444 e. The van der Waals surface area contributed by atoms with Gasteiger partial charge in [-0.25, -0.2) is 4.79 Å². The van der Waals surface area contributed by atoms with E-state index in [0.717, 1.165) is 12.8 Å². The maximum atomic E-state index is 12.1. The fourth-order valence-corrected chi connectivity index (χ4v) is 4.57. The fraction of sp³-hybridized carbons (Fsp3) is 0.941. The van der Waals surface area contributed by atoms with Gasteiger partial charge in [-0.3, -0.25) is 0 Å². The van der Waals surface area contributed by atoms with Crippen LogP contribution in [0.25, 0.3) is 0 Å². The molecule has 4 unspecified atom stereocenters. The molecule has 22 heavy (non-hydrogen) atoms. The lowest BCUT2D eigenvalue weighted by molar-refractivity contribution is 0.0488. The van der Waals surface area contributed by atoms with Crippen LogP contribution < -0.4 is 10.6 Å². The Hall–Kier alpha value is -0.420. The minimum absolute atomic E-state index is 0.190. The quantitative estimate of drug-likeness (QED) is 0.776. The van der Waals surface area contributed by atoms with E-state index in [1.807, 2.05) is 32.5 Å². The number of alkyl carbamates (subject to hydrolysis) is 1. The first-order valence-electron chi connectivity index (χ1n) is 8.72. The molecule has 0 spiro atoms. The zero-order chi connectivity index (χ0) is 16.2. The number of amides is 1. The van der Waals surface area contributed by atoms with E-state index in [9.17, 15) is 4.79 Å². The molecule has 2 rings (SSSR count). The van der Waals surface area contributed by atoms with Gasteiger partial charge in [-0.2, -0.15) is 11.8 Å². The first-order valence-corrected chi connectivity index (χ1v) is 9.77.